The van der Waals surface area contributed by atoms with Crippen molar-refractivity contribution in [1.82, 2.24) is 13.9 Å². The highest BCUT2D eigenvalue weighted by atomic mass is 32.2. The number of nitrogens with one attached hydrogen (secondary N) is 1. The van der Waals surface area contributed by atoms with Crippen molar-refractivity contribution in [2.45, 2.75) is 58.5 Å². The van der Waals surface area contributed by atoms with Gasteiger partial charge in [-0.05, 0) is 45.7 Å². The van der Waals surface area contributed by atoms with Crippen LogP contribution in [-0.2, 0) is 10.2 Å². The van der Waals surface area contributed by atoms with Crippen LogP contribution in [0.5, 0.6) is 0 Å². The normalized spacial score (nSPS) is 25.3. The fraction of sp³-hybridized carbons (Fsp3) is 1.00. The second-order valence-corrected chi connectivity index (χ2v) is 7.30. The van der Waals surface area contributed by atoms with Crippen LogP contribution in [0.25, 0.3) is 0 Å². The molecule has 1 saturated heterocycles. The van der Waals surface area contributed by atoms with Gasteiger partial charge in [0.1, 0.15) is 0 Å². The molecule has 0 aromatic heterocycles. The quantitative estimate of drug-likeness (QED) is 0.688. The van der Waals surface area contributed by atoms with E-state index in [0.29, 0.717) is 6.54 Å². The van der Waals surface area contributed by atoms with Gasteiger partial charge in [-0.15, -0.1) is 0 Å². The van der Waals surface area contributed by atoms with Gasteiger partial charge in [0.25, 0.3) is 10.2 Å². The zero-order valence-corrected chi connectivity index (χ0v) is 13.5. The fourth-order valence-electron chi connectivity index (χ4n) is 2.73. The molecule has 19 heavy (non-hydrogen) atoms. The van der Waals surface area contributed by atoms with E-state index in [0.717, 1.165) is 38.8 Å². The molecule has 1 N–H and O–H groups in total. The Morgan fingerprint density at radius 1 is 1.32 bits per heavy atom. The van der Waals surface area contributed by atoms with E-state index in [1.54, 1.807) is 11.4 Å². The molecule has 0 aromatic rings. The molecule has 0 bridgehead atoms. The summed E-state index contributed by atoms with van der Waals surface area (Å²) in [6.45, 7) is 8.50. The largest absolute Gasteiger partial charge is 0.317 e. The molecular weight excluding hydrogens is 262 g/mol. The molecule has 1 rings (SSSR count). The minimum atomic E-state index is -3.30. The maximum absolute atomic E-state index is 12.6. The van der Waals surface area contributed by atoms with Crippen molar-refractivity contribution in [3.8, 4) is 0 Å². The first-order valence-corrected chi connectivity index (χ1v) is 8.80. The van der Waals surface area contributed by atoms with Gasteiger partial charge in [-0.25, -0.2) is 0 Å². The van der Waals surface area contributed by atoms with E-state index in [2.05, 4.69) is 19.2 Å². The van der Waals surface area contributed by atoms with Gasteiger partial charge in [0.2, 0.25) is 0 Å². The van der Waals surface area contributed by atoms with Crippen LogP contribution in [0.3, 0.4) is 0 Å². The predicted molar refractivity (Wildman–Crippen MR) is 79.3 cm³/mol. The molecule has 0 aliphatic carbocycles. The summed E-state index contributed by atoms with van der Waals surface area (Å²) in [5.74, 6) is 0. The molecule has 1 heterocycles. The van der Waals surface area contributed by atoms with Crippen molar-refractivity contribution >= 4 is 10.2 Å². The Labute approximate surface area is 118 Å². The van der Waals surface area contributed by atoms with Crippen LogP contribution in [0.4, 0.5) is 0 Å². The lowest BCUT2D eigenvalue weighted by Crippen LogP contribution is -2.47. The van der Waals surface area contributed by atoms with Crippen LogP contribution < -0.4 is 5.32 Å². The molecule has 0 aromatic carbocycles. The molecule has 1 fully saturated rings. The Kier molecular flexibility index (Phi) is 6.73. The lowest BCUT2D eigenvalue weighted by molar-refractivity contribution is 0.297. The zero-order valence-electron chi connectivity index (χ0n) is 12.7. The molecule has 114 valence electrons. The van der Waals surface area contributed by atoms with E-state index in [9.17, 15) is 8.42 Å². The third-order valence-electron chi connectivity index (χ3n) is 3.92. The highest BCUT2D eigenvalue weighted by Gasteiger charge is 2.40. The first-order valence-electron chi connectivity index (χ1n) is 7.40. The molecule has 0 spiro atoms. The van der Waals surface area contributed by atoms with Gasteiger partial charge in [-0.1, -0.05) is 13.8 Å². The smallest absolute Gasteiger partial charge is 0.282 e. The van der Waals surface area contributed by atoms with E-state index >= 15 is 0 Å². The highest BCUT2D eigenvalue weighted by molar-refractivity contribution is 7.86. The maximum Gasteiger partial charge on any atom is 0.282 e. The van der Waals surface area contributed by atoms with E-state index in [4.69, 9.17) is 0 Å². The average molecular weight is 291 g/mol. The monoisotopic (exact) mass is 291 g/mol. The minimum absolute atomic E-state index is 0.131. The molecule has 0 amide bonds. The average Bonchev–Trinajstić information content (AvgIpc) is 2.76. The van der Waals surface area contributed by atoms with Gasteiger partial charge in [0, 0.05) is 25.7 Å². The highest BCUT2D eigenvalue weighted by Crippen LogP contribution is 2.30. The fourth-order valence-corrected chi connectivity index (χ4v) is 4.60. The summed E-state index contributed by atoms with van der Waals surface area (Å²) in [6.07, 6.45) is 3.71. The summed E-state index contributed by atoms with van der Waals surface area (Å²) in [7, 11) is -1.60. The van der Waals surface area contributed by atoms with Crippen LogP contribution in [0.1, 0.15) is 46.5 Å². The summed E-state index contributed by atoms with van der Waals surface area (Å²) in [6, 6.07) is 0.308. The number of hydrogen-bond acceptors (Lipinski definition) is 3. The van der Waals surface area contributed by atoms with Gasteiger partial charge in [0.05, 0.1) is 0 Å². The summed E-state index contributed by atoms with van der Waals surface area (Å²) in [5, 5.41) is 3.22. The third kappa shape index (κ3) is 4.15. The lowest BCUT2D eigenvalue weighted by atomic mass is 10.2. The summed E-state index contributed by atoms with van der Waals surface area (Å²) >= 11 is 0. The molecule has 5 nitrogen and oxygen atoms in total. The van der Waals surface area contributed by atoms with Crippen molar-refractivity contribution in [3.63, 3.8) is 0 Å². The SMILES string of the molecule is CCNCCCN(C)S(=O)(=O)N1C(C)CCC1CC. The molecule has 1 aliphatic rings. The van der Waals surface area contributed by atoms with E-state index in [1.807, 2.05) is 6.92 Å². The van der Waals surface area contributed by atoms with Crippen molar-refractivity contribution < 1.29 is 8.42 Å². The maximum atomic E-state index is 12.6. The van der Waals surface area contributed by atoms with Gasteiger partial charge in [-0.2, -0.15) is 17.0 Å². The molecule has 2 atom stereocenters. The third-order valence-corrected chi connectivity index (χ3v) is 6.08. The summed E-state index contributed by atoms with van der Waals surface area (Å²) < 4.78 is 28.4. The van der Waals surface area contributed by atoms with Gasteiger partial charge in [0.15, 0.2) is 0 Å². The number of nitrogens with zero attached hydrogens (tertiary/aromatic N) is 2. The summed E-state index contributed by atoms with van der Waals surface area (Å²) in [5.41, 5.74) is 0. The molecule has 0 radical (unpaired) electrons. The van der Waals surface area contributed by atoms with Crippen LogP contribution in [0.15, 0.2) is 0 Å². The topological polar surface area (TPSA) is 52.7 Å². The van der Waals surface area contributed by atoms with E-state index in [1.165, 1.54) is 4.31 Å². The van der Waals surface area contributed by atoms with Crippen molar-refractivity contribution in [3.05, 3.63) is 0 Å². The Morgan fingerprint density at radius 2 is 2.00 bits per heavy atom. The van der Waals surface area contributed by atoms with Gasteiger partial charge < -0.3 is 5.32 Å². The van der Waals surface area contributed by atoms with Crippen LogP contribution in [0.2, 0.25) is 0 Å². The van der Waals surface area contributed by atoms with Crippen LogP contribution in [0, 0.1) is 0 Å². The van der Waals surface area contributed by atoms with Gasteiger partial charge in [-0.3, -0.25) is 0 Å². The van der Waals surface area contributed by atoms with E-state index < -0.39 is 10.2 Å². The van der Waals surface area contributed by atoms with Crippen molar-refractivity contribution in [2.75, 3.05) is 26.7 Å². The molecular formula is C13H29N3O2S. The Bertz CT molecular complexity index is 359. The van der Waals surface area contributed by atoms with Crippen molar-refractivity contribution in [1.29, 1.82) is 0 Å². The molecule has 0 saturated carbocycles. The number of hydrogen-bond donors (Lipinski definition) is 1. The predicted octanol–water partition coefficient (Wildman–Crippen LogP) is 1.43. The summed E-state index contributed by atoms with van der Waals surface area (Å²) in [4.78, 5) is 0. The van der Waals surface area contributed by atoms with Crippen molar-refractivity contribution in [2.24, 2.45) is 0 Å². The second kappa shape index (κ2) is 7.57. The van der Waals surface area contributed by atoms with Crippen LogP contribution in [-0.4, -0.2) is 55.8 Å². The Balaban J connectivity index is 2.62. The first-order chi connectivity index (χ1) is 8.95. The number of rotatable bonds is 8. The Morgan fingerprint density at radius 3 is 2.58 bits per heavy atom. The zero-order chi connectivity index (χ0) is 14.5. The minimum Gasteiger partial charge on any atom is -0.317 e. The first kappa shape index (κ1) is 16.9. The van der Waals surface area contributed by atoms with Crippen LogP contribution >= 0.6 is 0 Å². The molecule has 2 unspecified atom stereocenters. The molecule has 6 heteroatoms. The van der Waals surface area contributed by atoms with E-state index in [-0.39, 0.29) is 12.1 Å². The van der Waals surface area contributed by atoms with Gasteiger partial charge >= 0.3 is 0 Å². The Hall–Kier alpha value is -0.170. The second-order valence-electron chi connectivity index (χ2n) is 5.35. The standard InChI is InChI=1S/C13H29N3O2S/c1-5-13-9-8-12(3)16(13)19(17,18)15(4)11-7-10-14-6-2/h12-14H,5-11H2,1-4H3. The molecule has 1 aliphatic heterocycles. The lowest BCUT2D eigenvalue weighted by Gasteiger charge is -2.31.